The number of esters is 1. The van der Waals surface area contributed by atoms with Crippen molar-refractivity contribution < 1.29 is 9.53 Å². The number of nitrogens with two attached hydrogens (primary N) is 1. The molecule has 0 amide bonds. The van der Waals surface area contributed by atoms with Crippen molar-refractivity contribution in [3.05, 3.63) is 0 Å². The largest absolute Gasteiger partial charge is 0.462 e. The van der Waals surface area contributed by atoms with Crippen LogP contribution in [0.5, 0.6) is 0 Å². The Bertz CT molecular complexity index is 128. The number of ether oxygens (including phenoxy) is 1. The molecule has 12 heavy (non-hydrogen) atoms. The van der Waals surface area contributed by atoms with Crippen LogP contribution in [0.4, 0.5) is 0 Å². The lowest BCUT2D eigenvalue weighted by molar-refractivity contribution is -0.149. The number of halogens is 1. The van der Waals surface area contributed by atoms with E-state index in [0.717, 1.165) is 6.42 Å². The van der Waals surface area contributed by atoms with Crippen molar-refractivity contribution in [1.82, 2.24) is 0 Å². The van der Waals surface area contributed by atoms with Gasteiger partial charge in [-0.1, -0.05) is 13.3 Å². The molecule has 0 unspecified atom stereocenters. The first kappa shape index (κ1) is 14.3. The molecule has 0 aliphatic carbocycles. The van der Waals surface area contributed by atoms with E-state index < -0.39 is 6.04 Å². The lowest BCUT2D eigenvalue weighted by Crippen LogP contribution is -2.33. The van der Waals surface area contributed by atoms with Crippen LogP contribution in [0.2, 0.25) is 0 Å². The summed E-state index contributed by atoms with van der Waals surface area (Å²) in [6, 6.07) is -0.442. The highest BCUT2D eigenvalue weighted by molar-refractivity contribution is 5.85. The molecule has 0 spiro atoms. The van der Waals surface area contributed by atoms with Gasteiger partial charge < -0.3 is 10.5 Å². The predicted molar refractivity (Wildman–Crippen MR) is 51.4 cm³/mol. The Morgan fingerprint density at radius 2 is 2.00 bits per heavy atom. The molecule has 2 N–H and O–H groups in total. The number of hydrogen-bond acceptors (Lipinski definition) is 3. The smallest absolute Gasteiger partial charge is 0.323 e. The minimum atomic E-state index is -0.442. The molecular weight excluding hydrogens is 178 g/mol. The molecule has 0 aliphatic rings. The van der Waals surface area contributed by atoms with Gasteiger partial charge in [0.2, 0.25) is 0 Å². The Morgan fingerprint density at radius 3 is 2.33 bits per heavy atom. The summed E-state index contributed by atoms with van der Waals surface area (Å²) in [5.74, 6) is -0.290. The number of rotatable bonds is 4. The SMILES string of the molecule is CCC[C@H](N)C(=O)OC(C)C.Cl. The average molecular weight is 196 g/mol. The van der Waals surface area contributed by atoms with Crippen LogP contribution < -0.4 is 5.73 Å². The van der Waals surface area contributed by atoms with Gasteiger partial charge in [-0.15, -0.1) is 12.4 Å². The Kier molecular flexibility index (Phi) is 8.76. The van der Waals surface area contributed by atoms with Crippen LogP contribution in [0.3, 0.4) is 0 Å². The van der Waals surface area contributed by atoms with E-state index in [2.05, 4.69) is 0 Å². The molecule has 0 aromatic heterocycles. The molecule has 0 rings (SSSR count). The Labute approximate surface area is 80.1 Å². The Balaban J connectivity index is 0. The summed E-state index contributed by atoms with van der Waals surface area (Å²) in [6.45, 7) is 5.62. The molecular formula is C8H18ClNO2. The monoisotopic (exact) mass is 195 g/mol. The highest BCUT2D eigenvalue weighted by Gasteiger charge is 2.14. The van der Waals surface area contributed by atoms with E-state index in [-0.39, 0.29) is 24.5 Å². The third-order valence-electron chi connectivity index (χ3n) is 1.25. The van der Waals surface area contributed by atoms with Gasteiger partial charge in [0.1, 0.15) is 6.04 Å². The van der Waals surface area contributed by atoms with Crippen LogP contribution in [-0.4, -0.2) is 18.1 Å². The van der Waals surface area contributed by atoms with E-state index in [9.17, 15) is 4.79 Å². The van der Waals surface area contributed by atoms with Gasteiger partial charge in [-0.3, -0.25) is 4.79 Å². The van der Waals surface area contributed by atoms with Gasteiger partial charge in [0, 0.05) is 0 Å². The van der Waals surface area contributed by atoms with Gasteiger partial charge in [0.25, 0.3) is 0 Å². The highest BCUT2D eigenvalue weighted by atomic mass is 35.5. The third-order valence-corrected chi connectivity index (χ3v) is 1.25. The first-order valence-electron chi connectivity index (χ1n) is 4.04. The van der Waals surface area contributed by atoms with Crippen LogP contribution >= 0.6 is 12.4 Å². The highest BCUT2D eigenvalue weighted by Crippen LogP contribution is 1.98. The minimum Gasteiger partial charge on any atom is -0.462 e. The fourth-order valence-corrected chi connectivity index (χ4v) is 0.749. The molecule has 0 saturated heterocycles. The average Bonchev–Trinajstić information content (AvgIpc) is 1.86. The summed E-state index contributed by atoms with van der Waals surface area (Å²) in [6.07, 6.45) is 1.55. The van der Waals surface area contributed by atoms with Crippen molar-refractivity contribution in [1.29, 1.82) is 0 Å². The number of carbonyl (C=O) groups is 1. The summed E-state index contributed by atoms with van der Waals surface area (Å²) in [7, 11) is 0. The molecule has 0 aliphatic heterocycles. The van der Waals surface area contributed by atoms with E-state index in [1.807, 2.05) is 20.8 Å². The van der Waals surface area contributed by atoms with Gasteiger partial charge in [-0.25, -0.2) is 0 Å². The van der Waals surface area contributed by atoms with Gasteiger partial charge in [-0.2, -0.15) is 0 Å². The van der Waals surface area contributed by atoms with Crippen LogP contribution in [0, 0.1) is 0 Å². The van der Waals surface area contributed by atoms with Gasteiger partial charge >= 0.3 is 5.97 Å². The molecule has 1 atom stereocenters. The molecule has 4 heteroatoms. The van der Waals surface area contributed by atoms with Crippen LogP contribution in [0.15, 0.2) is 0 Å². The van der Waals surface area contributed by atoms with E-state index >= 15 is 0 Å². The normalized spacial score (nSPS) is 12.1. The maximum absolute atomic E-state index is 11.0. The summed E-state index contributed by atoms with van der Waals surface area (Å²) in [5.41, 5.74) is 5.50. The summed E-state index contributed by atoms with van der Waals surface area (Å²) in [5, 5.41) is 0. The van der Waals surface area contributed by atoms with E-state index in [4.69, 9.17) is 10.5 Å². The molecule has 0 aromatic rings. The first-order chi connectivity index (χ1) is 5.07. The van der Waals surface area contributed by atoms with Crippen molar-refractivity contribution in [3.63, 3.8) is 0 Å². The molecule has 3 nitrogen and oxygen atoms in total. The predicted octanol–water partition coefficient (Wildman–Crippen LogP) is 1.49. The summed E-state index contributed by atoms with van der Waals surface area (Å²) >= 11 is 0. The van der Waals surface area contributed by atoms with Gasteiger partial charge in [0.05, 0.1) is 6.10 Å². The molecule has 0 bridgehead atoms. The first-order valence-corrected chi connectivity index (χ1v) is 4.04. The molecule has 0 aromatic carbocycles. The maximum Gasteiger partial charge on any atom is 0.323 e. The summed E-state index contributed by atoms with van der Waals surface area (Å²) in [4.78, 5) is 11.0. The molecule has 0 radical (unpaired) electrons. The Hall–Kier alpha value is -0.280. The third kappa shape index (κ3) is 6.43. The lowest BCUT2D eigenvalue weighted by Gasteiger charge is -2.12. The van der Waals surface area contributed by atoms with E-state index in [1.54, 1.807) is 0 Å². The Morgan fingerprint density at radius 1 is 1.50 bits per heavy atom. The summed E-state index contributed by atoms with van der Waals surface area (Å²) < 4.78 is 4.90. The second-order valence-electron chi connectivity index (χ2n) is 2.88. The quantitative estimate of drug-likeness (QED) is 0.692. The molecule has 74 valence electrons. The fraction of sp³-hybridized carbons (Fsp3) is 0.875. The van der Waals surface area contributed by atoms with E-state index in [1.165, 1.54) is 0 Å². The van der Waals surface area contributed by atoms with Crippen LogP contribution in [0.1, 0.15) is 33.6 Å². The van der Waals surface area contributed by atoms with Crippen molar-refractivity contribution in [2.45, 2.75) is 45.8 Å². The fourth-order valence-electron chi connectivity index (χ4n) is 0.749. The zero-order chi connectivity index (χ0) is 8.85. The maximum atomic E-state index is 11.0. The minimum absolute atomic E-state index is 0. The van der Waals surface area contributed by atoms with Crippen molar-refractivity contribution >= 4 is 18.4 Å². The zero-order valence-electron chi connectivity index (χ0n) is 7.87. The van der Waals surface area contributed by atoms with Crippen LogP contribution in [0.25, 0.3) is 0 Å². The van der Waals surface area contributed by atoms with Gasteiger partial charge in [-0.05, 0) is 20.3 Å². The second kappa shape index (κ2) is 7.37. The van der Waals surface area contributed by atoms with E-state index in [0.29, 0.717) is 6.42 Å². The topological polar surface area (TPSA) is 52.3 Å². The van der Waals surface area contributed by atoms with Crippen molar-refractivity contribution in [3.8, 4) is 0 Å². The number of hydrogen-bond donors (Lipinski definition) is 1. The standard InChI is InChI=1S/C8H17NO2.ClH/c1-4-5-7(9)8(10)11-6(2)3;/h6-7H,4-5,9H2,1-3H3;1H/t7-;/m0./s1. The molecule has 0 heterocycles. The lowest BCUT2D eigenvalue weighted by atomic mass is 10.2. The van der Waals surface area contributed by atoms with Gasteiger partial charge in [0.15, 0.2) is 0 Å². The van der Waals surface area contributed by atoms with Crippen LogP contribution in [-0.2, 0) is 9.53 Å². The molecule has 0 fully saturated rings. The molecule has 0 saturated carbocycles. The number of carbonyl (C=O) groups excluding carboxylic acids is 1. The second-order valence-corrected chi connectivity index (χ2v) is 2.88. The van der Waals surface area contributed by atoms with Crippen molar-refractivity contribution in [2.75, 3.05) is 0 Å². The zero-order valence-corrected chi connectivity index (χ0v) is 8.69. The van der Waals surface area contributed by atoms with Crippen molar-refractivity contribution in [2.24, 2.45) is 5.73 Å².